The molecule has 0 aliphatic rings. The van der Waals surface area contributed by atoms with Gasteiger partial charge in [-0.2, -0.15) is 5.26 Å². The Morgan fingerprint density at radius 2 is 1.84 bits per heavy atom. The van der Waals surface area contributed by atoms with Gasteiger partial charge in [-0.05, 0) is 60.2 Å². The molecule has 1 N–H and O–H groups in total. The molecule has 0 radical (unpaired) electrons. The highest BCUT2D eigenvalue weighted by Crippen LogP contribution is 2.30. The van der Waals surface area contributed by atoms with Crippen molar-refractivity contribution in [3.05, 3.63) is 83.3 Å². The van der Waals surface area contributed by atoms with Crippen LogP contribution in [0.25, 0.3) is 6.08 Å². The van der Waals surface area contributed by atoms with Crippen LogP contribution in [0.5, 0.6) is 17.2 Å². The minimum atomic E-state index is -0.565. The van der Waals surface area contributed by atoms with Crippen LogP contribution in [-0.2, 0) is 11.3 Å². The third kappa shape index (κ3) is 5.55. The van der Waals surface area contributed by atoms with E-state index in [4.69, 9.17) is 18.6 Å². The molecular weight excluding hydrogens is 412 g/mol. The first-order valence-electron chi connectivity index (χ1n) is 9.50. The fourth-order valence-corrected chi connectivity index (χ4v) is 2.74. The Labute approximate surface area is 184 Å². The van der Waals surface area contributed by atoms with Gasteiger partial charge in [-0.25, -0.2) is 4.79 Å². The number of amides is 1. The minimum Gasteiger partial charge on any atom is -0.497 e. The number of esters is 1. The number of nitrogens with zero attached hydrogens (tertiary/aromatic N) is 1. The summed E-state index contributed by atoms with van der Waals surface area (Å²) >= 11 is 0. The lowest BCUT2D eigenvalue weighted by atomic mass is 10.1. The summed E-state index contributed by atoms with van der Waals surface area (Å²) in [6.45, 7) is 0.161. The van der Waals surface area contributed by atoms with Crippen molar-refractivity contribution in [1.29, 1.82) is 5.26 Å². The van der Waals surface area contributed by atoms with Crippen molar-refractivity contribution in [2.75, 3.05) is 14.2 Å². The van der Waals surface area contributed by atoms with Crippen LogP contribution in [0, 0.1) is 11.3 Å². The first-order valence-corrected chi connectivity index (χ1v) is 9.50. The second-order valence-electron chi connectivity index (χ2n) is 6.46. The number of furan rings is 1. The Hall–Kier alpha value is -4.51. The summed E-state index contributed by atoms with van der Waals surface area (Å²) in [6.07, 6.45) is 2.91. The highest BCUT2D eigenvalue weighted by molar-refractivity contribution is 6.01. The van der Waals surface area contributed by atoms with Crippen LogP contribution in [0.2, 0.25) is 0 Å². The number of carbonyl (C=O) groups excluding carboxylic acids is 2. The first-order chi connectivity index (χ1) is 15.5. The third-order valence-electron chi connectivity index (χ3n) is 4.40. The van der Waals surface area contributed by atoms with Gasteiger partial charge in [0.25, 0.3) is 5.91 Å². The van der Waals surface area contributed by atoms with Gasteiger partial charge in [0, 0.05) is 0 Å². The second kappa shape index (κ2) is 10.5. The lowest BCUT2D eigenvalue weighted by Gasteiger charge is -2.10. The monoisotopic (exact) mass is 432 g/mol. The minimum absolute atomic E-state index is 0.0958. The molecule has 0 aliphatic carbocycles. The van der Waals surface area contributed by atoms with E-state index in [1.807, 2.05) is 6.07 Å². The van der Waals surface area contributed by atoms with Gasteiger partial charge in [-0.15, -0.1) is 0 Å². The van der Waals surface area contributed by atoms with Gasteiger partial charge >= 0.3 is 5.97 Å². The largest absolute Gasteiger partial charge is 0.497 e. The van der Waals surface area contributed by atoms with E-state index < -0.39 is 11.9 Å². The van der Waals surface area contributed by atoms with Crippen LogP contribution in [0.1, 0.15) is 21.7 Å². The number of hydrogen-bond acceptors (Lipinski definition) is 7. The molecule has 32 heavy (non-hydrogen) atoms. The van der Waals surface area contributed by atoms with E-state index in [0.717, 1.165) is 0 Å². The zero-order valence-electron chi connectivity index (χ0n) is 17.5. The van der Waals surface area contributed by atoms with Crippen molar-refractivity contribution in [2.24, 2.45) is 0 Å². The summed E-state index contributed by atoms with van der Waals surface area (Å²) in [4.78, 5) is 24.7. The summed E-state index contributed by atoms with van der Waals surface area (Å²) in [7, 11) is 2.96. The first kappa shape index (κ1) is 22.2. The van der Waals surface area contributed by atoms with Crippen molar-refractivity contribution in [2.45, 2.75) is 6.54 Å². The van der Waals surface area contributed by atoms with Crippen LogP contribution in [-0.4, -0.2) is 26.1 Å². The molecule has 1 amide bonds. The number of methoxy groups -OCH3 is 2. The van der Waals surface area contributed by atoms with Crippen molar-refractivity contribution < 1.29 is 28.2 Å². The van der Waals surface area contributed by atoms with E-state index >= 15 is 0 Å². The summed E-state index contributed by atoms with van der Waals surface area (Å²) in [6, 6.07) is 16.5. The summed E-state index contributed by atoms with van der Waals surface area (Å²) < 4.78 is 21.0. The molecule has 0 spiro atoms. The van der Waals surface area contributed by atoms with Crippen molar-refractivity contribution in [3.8, 4) is 23.3 Å². The standard InChI is InChI=1S/C24H20N2O6/c1-29-19-8-6-17(7-9-19)24(28)32-21-10-5-16(13-22(21)30-2)12-18(14-25)23(27)26-15-20-4-3-11-31-20/h3-13H,15H2,1-2H3,(H,26,27)/b18-12+. The average Bonchev–Trinajstić information content (AvgIpc) is 3.35. The van der Waals surface area contributed by atoms with Crippen LogP contribution < -0.4 is 19.5 Å². The zero-order chi connectivity index (χ0) is 22.9. The topological polar surface area (TPSA) is 111 Å². The van der Waals surface area contributed by atoms with E-state index in [2.05, 4.69) is 5.32 Å². The number of ether oxygens (including phenoxy) is 3. The molecule has 3 rings (SSSR count). The molecule has 0 unspecified atom stereocenters. The van der Waals surface area contributed by atoms with Gasteiger partial charge in [0.15, 0.2) is 11.5 Å². The fraction of sp³-hybridized carbons (Fsp3) is 0.125. The zero-order valence-corrected chi connectivity index (χ0v) is 17.5. The smallest absolute Gasteiger partial charge is 0.343 e. The van der Waals surface area contributed by atoms with Crippen molar-refractivity contribution >= 4 is 18.0 Å². The molecule has 2 aromatic carbocycles. The van der Waals surface area contributed by atoms with Crippen LogP contribution >= 0.6 is 0 Å². The molecule has 0 saturated carbocycles. The van der Waals surface area contributed by atoms with Crippen LogP contribution in [0.3, 0.4) is 0 Å². The third-order valence-corrected chi connectivity index (χ3v) is 4.40. The molecule has 8 nitrogen and oxygen atoms in total. The Bertz CT molecular complexity index is 1160. The number of carbonyl (C=O) groups is 2. The molecule has 0 atom stereocenters. The number of benzene rings is 2. The van der Waals surface area contributed by atoms with Gasteiger partial charge < -0.3 is 23.9 Å². The van der Waals surface area contributed by atoms with E-state index in [0.29, 0.717) is 22.6 Å². The molecule has 1 aromatic heterocycles. The lowest BCUT2D eigenvalue weighted by Crippen LogP contribution is -2.23. The highest BCUT2D eigenvalue weighted by Gasteiger charge is 2.14. The number of nitriles is 1. The Kier molecular flexibility index (Phi) is 7.28. The maximum Gasteiger partial charge on any atom is 0.343 e. The van der Waals surface area contributed by atoms with E-state index in [1.165, 1.54) is 32.6 Å². The molecule has 1 heterocycles. The molecule has 162 valence electrons. The number of rotatable bonds is 8. The van der Waals surface area contributed by atoms with Crippen molar-refractivity contribution in [3.63, 3.8) is 0 Å². The number of nitrogens with one attached hydrogen (secondary N) is 1. The Morgan fingerprint density at radius 1 is 1.06 bits per heavy atom. The van der Waals surface area contributed by atoms with E-state index in [-0.39, 0.29) is 23.6 Å². The second-order valence-corrected chi connectivity index (χ2v) is 6.46. The quantitative estimate of drug-likeness (QED) is 0.250. The maximum atomic E-state index is 12.4. The van der Waals surface area contributed by atoms with Gasteiger partial charge in [-0.1, -0.05) is 6.07 Å². The lowest BCUT2D eigenvalue weighted by molar-refractivity contribution is -0.117. The maximum absolute atomic E-state index is 12.4. The van der Waals surface area contributed by atoms with E-state index in [1.54, 1.807) is 48.5 Å². The molecule has 3 aromatic rings. The normalized spacial score (nSPS) is 10.7. The Morgan fingerprint density at radius 3 is 2.47 bits per heavy atom. The summed E-state index contributed by atoms with van der Waals surface area (Å²) in [5.41, 5.74) is 0.772. The van der Waals surface area contributed by atoms with Crippen molar-refractivity contribution in [1.82, 2.24) is 5.32 Å². The van der Waals surface area contributed by atoms with Gasteiger partial charge in [0.1, 0.15) is 23.2 Å². The molecule has 0 saturated heterocycles. The molecule has 0 bridgehead atoms. The van der Waals surface area contributed by atoms with Gasteiger partial charge in [-0.3, -0.25) is 4.79 Å². The van der Waals surface area contributed by atoms with Gasteiger partial charge in [0.05, 0.1) is 32.6 Å². The molecular formula is C24H20N2O6. The predicted octanol–water partition coefficient (Wildman–Crippen LogP) is 3.74. The summed E-state index contributed by atoms with van der Waals surface area (Å²) in [5.74, 6) is 0.555. The highest BCUT2D eigenvalue weighted by atomic mass is 16.6. The average molecular weight is 432 g/mol. The number of hydrogen-bond donors (Lipinski definition) is 1. The SMILES string of the molecule is COc1ccc(C(=O)Oc2ccc(/C=C(\C#N)C(=O)NCc3ccco3)cc2OC)cc1. The Balaban J connectivity index is 1.73. The van der Waals surface area contributed by atoms with E-state index in [9.17, 15) is 14.9 Å². The molecule has 0 aliphatic heterocycles. The van der Waals surface area contributed by atoms with Gasteiger partial charge in [0.2, 0.25) is 0 Å². The molecule has 8 heteroatoms. The fourth-order valence-electron chi connectivity index (χ4n) is 2.74. The molecule has 0 fully saturated rings. The summed E-state index contributed by atoms with van der Waals surface area (Å²) in [5, 5.41) is 12.0. The van der Waals surface area contributed by atoms with Crippen LogP contribution in [0.15, 0.2) is 70.9 Å². The predicted molar refractivity (Wildman–Crippen MR) is 115 cm³/mol. The van der Waals surface area contributed by atoms with Crippen LogP contribution in [0.4, 0.5) is 0 Å².